The smallest absolute Gasteiger partial charge is 0.295 e. The van der Waals surface area contributed by atoms with Gasteiger partial charge in [0.15, 0.2) is 0 Å². The number of amides is 1. The lowest BCUT2D eigenvalue weighted by molar-refractivity contribution is -0.140. The molecule has 1 fully saturated rings. The molecular formula is C26H31NO6. The molecule has 0 radical (unpaired) electrons. The lowest BCUT2D eigenvalue weighted by Crippen LogP contribution is -2.32. The maximum absolute atomic E-state index is 13.1. The second-order valence-electron chi connectivity index (χ2n) is 8.14. The van der Waals surface area contributed by atoms with Crippen LogP contribution in [0.4, 0.5) is 0 Å². The van der Waals surface area contributed by atoms with E-state index in [-0.39, 0.29) is 30.6 Å². The molecule has 0 saturated carbocycles. The zero-order valence-electron chi connectivity index (χ0n) is 19.8. The monoisotopic (exact) mass is 453 g/mol. The van der Waals surface area contributed by atoms with Crippen LogP contribution in [0.15, 0.2) is 48.0 Å². The summed E-state index contributed by atoms with van der Waals surface area (Å²) in [6.45, 7) is 8.57. The molecule has 7 nitrogen and oxygen atoms in total. The van der Waals surface area contributed by atoms with E-state index < -0.39 is 17.7 Å². The predicted molar refractivity (Wildman–Crippen MR) is 125 cm³/mol. The number of carbonyl (C=O) groups excluding carboxylic acids is 2. The largest absolute Gasteiger partial charge is 0.507 e. The Hall–Kier alpha value is -3.32. The van der Waals surface area contributed by atoms with Crippen molar-refractivity contribution in [1.82, 2.24) is 4.90 Å². The Balaban J connectivity index is 2.12. The number of rotatable bonds is 9. The molecule has 0 aromatic heterocycles. The Labute approximate surface area is 194 Å². The number of carbonyl (C=O) groups is 2. The van der Waals surface area contributed by atoms with Gasteiger partial charge in [0.25, 0.3) is 11.7 Å². The Morgan fingerprint density at radius 2 is 1.91 bits per heavy atom. The van der Waals surface area contributed by atoms with E-state index in [0.29, 0.717) is 29.2 Å². The fraction of sp³-hybridized carbons (Fsp3) is 0.385. The van der Waals surface area contributed by atoms with E-state index in [1.54, 1.807) is 30.3 Å². The maximum atomic E-state index is 13.1. The van der Waals surface area contributed by atoms with Crippen molar-refractivity contribution in [2.24, 2.45) is 0 Å². The summed E-state index contributed by atoms with van der Waals surface area (Å²) in [6, 6.07) is 11.7. The van der Waals surface area contributed by atoms with Crippen molar-refractivity contribution >= 4 is 17.4 Å². The van der Waals surface area contributed by atoms with Crippen LogP contribution in [0.1, 0.15) is 43.5 Å². The third kappa shape index (κ3) is 5.20. The number of aryl methyl sites for hydroxylation is 1. The fourth-order valence-electron chi connectivity index (χ4n) is 3.93. The van der Waals surface area contributed by atoms with Crippen molar-refractivity contribution in [2.75, 3.05) is 26.9 Å². The first-order chi connectivity index (χ1) is 15.8. The number of hydrogen-bond donors (Lipinski definition) is 1. The van der Waals surface area contributed by atoms with Gasteiger partial charge in [-0.3, -0.25) is 9.59 Å². The molecule has 0 bridgehead atoms. The molecule has 1 saturated heterocycles. The van der Waals surface area contributed by atoms with Gasteiger partial charge in [-0.2, -0.15) is 0 Å². The van der Waals surface area contributed by atoms with E-state index in [2.05, 4.69) is 0 Å². The fourth-order valence-corrected chi connectivity index (χ4v) is 3.93. The highest BCUT2D eigenvalue weighted by atomic mass is 16.5. The first-order valence-electron chi connectivity index (χ1n) is 11.1. The molecule has 1 atom stereocenters. The van der Waals surface area contributed by atoms with Crippen molar-refractivity contribution in [3.8, 4) is 11.5 Å². The molecule has 1 amide bonds. The van der Waals surface area contributed by atoms with Gasteiger partial charge in [0, 0.05) is 19.2 Å². The summed E-state index contributed by atoms with van der Waals surface area (Å²) >= 11 is 0. The van der Waals surface area contributed by atoms with Gasteiger partial charge in [0.2, 0.25) is 0 Å². The van der Waals surface area contributed by atoms with Crippen molar-refractivity contribution in [3.63, 3.8) is 0 Å². The van der Waals surface area contributed by atoms with Gasteiger partial charge in [0.1, 0.15) is 17.3 Å². The van der Waals surface area contributed by atoms with Gasteiger partial charge >= 0.3 is 0 Å². The molecule has 3 rings (SSSR count). The van der Waals surface area contributed by atoms with Gasteiger partial charge < -0.3 is 24.2 Å². The molecule has 33 heavy (non-hydrogen) atoms. The summed E-state index contributed by atoms with van der Waals surface area (Å²) in [6.07, 6.45) is 0.00636. The minimum atomic E-state index is -0.757. The average Bonchev–Trinajstić information content (AvgIpc) is 3.03. The molecule has 7 heteroatoms. The number of likely N-dealkylation sites (tertiary alicyclic amines) is 1. The van der Waals surface area contributed by atoms with E-state index in [1.807, 2.05) is 39.8 Å². The number of aliphatic hydroxyl groups excluding tert-OH is 1. The third-order valence-corrected chi connectivity index (χ3v) is 5.37. The van der Waals surface area contributed by atoms with Crippen molar-refractivity contribution in [2.45, 2.75) is 39.8 Å². The number of methoxy groups -OCH3 is 1. The zero-order chi connectivity index (χ0) is 24.1. The topological polar surface area (TPSA) is 85.3 Å². The summed E-state index contributed by atoms with van der Waals surface area (Å²) in [5.74, 6) is -0.298. The number of ether oxygens (including phenoxy) is 3. The SMILES string of the molecule is CCOc1cccc(C2/C(=C(\O)c3ccc(OC(C)C)c(C)c3)C(=O)C(=O)N2CCOC)c1. The number of benzene rings is 2. The highest BCUT2D eigenvalue weighted by molar-refractivity contribution is 6.46. The molecule has 1 N–H and O–H groups in total. The van der Waals surface area contributed by atoms with Gasteiger partial charge in [-0.15, -0.1) is 0 Å². The predicted octanol–water partition coefficient (Wildman–Crippen LogP) is 4.25. The lowest BCUT2D eigenvalue weighted by Gasteiger charge is -2.25. The van der Waals surface area contributed by atoms with Gasteiger partial charge in [-0.1, -0.05) is 12.1 Å². The van der Waals surface area contributed by atoms with Gasteiger partial charge in [-0.05, 0) is 69.2 Å². The minimum absolute atomic E-state index is 0.00636. The molecule has 2 aromatic rings. The van der Waals surface area contributed by atoms with E-state index in [9.17, 15) is 14.7 Å². The Morgan fingerprint density at radius 1 is 1.15 bits per heavy atom. The summed E-state index contributed by atoms with van der Waals surface area (Å²) in [5, 5.41) is 11.2. The highest BCUT2D eigenvalue weighted by Crippen LogP contribution is 2.40. The van der Waals surface area contributed by atoms with Crippen LogP contribution in [0.25, 0.3) is 5.76 Å². The van der Waals surface area contributed by atoms with Crippen LogP contribution in [0.2, 0.25) is 0 Å². The normalized spacial score (nSPS) is 17.6. The van der Waals surface area contributed by atoms with Crippen LogP contribution < -0.4 is 9.47 Å². The van der Waals surface area contributed by atoms with E-state index in [1.165, 1.54) is 12.0 Å². The van der Waals surface area contributed by atoms with Crippen molar-refractivity contribution < 1.29 is 28.9 Å². The van der Waals surface area contributed by atoms with Gasteiger partial charge in [0.05, 0.1) is 30.9 Å². The maximum Gasteiger partial charge on any atom is 0.295 e. The average molecular weight is 454 g/mol. The van der Waals surface area contributed by atoms with Crippen LogP contribution in [-0.2, 0) is 14.3 Å². The van der Waals surface area contributed by atoms with Crippen LogP contribution in [0.5, 0.6) is 11.5 Å². The molecule has 1 aliphatic rings. The number of ketones is 1. The lowest BCUT2D eigenvalue weighted by atomic mass is 9.94. The van der Waals surface area contributed by atoms with Crippen molar-refractivity contribution in [3.05, 3.63) is 64.7 Å². The Bertz CT molecular complexity index is 1060. The molecule has 1 heterocycles. The van der Waals surface area contributed by atoms with E-state index >= 15 is 0 Å². The number of aliphatic hydroxyl groups is 1. The molecular weight excluding hydrogens is 422 g/mol. The van der Waals surface area contributed by atoms with Crippen molar-refractivity contribution in [1.29, 1.82) is 0 Å². The minimum Gasteiger partial charge on any atom is -0.507 e. The van der Waals surface area contributed by atoms with E-state index in [4.69, 9.17) is 14.2 Å². The quantitative estimate of drug-likeness (QED) is 0.347. The summed E-state index contributed by atoms with van der Waals surface area (Å²) < 4.78 is 16.5. The highest BCUT2D eigenvalue weighted by Gasteiger charge is 2.46. The second kappa shape index (κ2) is 10.5. The molecule has 176 valence electrons. The number of hydrogen-bond acceptors (Lipinski definition) is 6. The standard InChI is InChI=1S/C26H31NO6/c1-6-32-20-9-7-8-18(15-20)23-22(25(29)26(30)27(23)12-13-31-5)24(28)19-10-11-21(17(4)14-19)33-16(2)3/h7-11,14-16,23,28H,6,12-13H2,1-5H3/b24-22+. The van der Waals surface area contributed by atoms with Crippen LogP contribution in [0.3, 0.4) is 0 Å². The van der Waals surface area contributed by atoms with Gasteiger partial charge in [-0.25, -0.2) is 0 Å². The first-order valence-corrected chi connectivity index (χ1v) is 11.1. The Morgan fingerprint density at radius 3 is 2.55 bits per heavy atom. The number of Topliss-reactive ketones (excluding diaryl/α,β-unsaturated/α-hetero) is 1. The first kappa shape index (κ1) is 24.3. The van der Waals surface area contributed by atoms with Crippen LogP contribution >= 0.6 is 0 Å². The zero-order valence-corrected chi connectivity index (χ0v) is 19.8. The number of nitrogens with zero attached hydrogens (tertiary/aromatic N) is 1. The molecule has 2 aromatic carbocycles. The van der Waals surface area contributed by atoms with Crippen LogP contribution in [0, 0.1) is 6.92 Å². The molecule has 1 unspecified atom stereocenters. The second-order valence-corrected chi connectivity index (χ2v) is 8.14. The molecule has 1 aliphatic heterocycles. The summed E-state index contributed by atoms with van der Waals surface area (Å²) in [7, 11) is 1.53. The van der Waals surface area contributed by atoms with Crippen LogP contribution in [-0.4, -0.2) is 54.7 Å². The molecule has 0 spiro atoms. The summed E-state index contributed by atoms with van der Waals surface area (Å²) in [5.41, 5.74) is 1.98. The summed E-state index contributed by atoms with van der Waals surface area (Å²) in [4.78, 5) is 27.4. The van der Waals surface area contributed by atoms with E-state index in [0.717, 1.165) is 5.56 Å². The Kier molecular flexibility index (Phi) is 7.76. The molecule has 0 aliphatic carbocycles. The third-order valence-electron chi connectivity index (χ3n) is 5.37.